The summed E-state index contributed by atoms with van der Waals surface area (Å²) >= 11 is 0. The number of rotatable bonds is 5. The number of aliphatic hydroxyl groups is 2. The summed E-state index contributed by atoms with van der Waals surface area (Å²) in [5.74, 6) is 0.537. The number of benzene rings is 1. The minimum Gasteiger partial charge on any atom is -0.396 e. The van der Waals surface area contributed by atoms with Crippen molar-refractivity contribution in [2.75, 3.05) is 31.6 Å². The molecule has 0 bridgehead atoms. The van der Waals surface area contributed by atoms with Gasteiger partial charge in [0.15, 0.2) is 5.82 Å². The van der Waals surface area contributed by atoms with Crippen molar-refractivity contribution in [1.82, 2.24) is 14.7 Å². The van der Waals surface area contributed by atoms with Gasteiger partial charge in [0.2, 0.25) is 5.91 Å². The van der Waals surface area contributed by atoms with Crippen LogP contribution in [0.15, 0.2) is 42.6 Å². The molecule has 1 aliphatic carbocycles. The summed E-state index contributed by atoms with van der Waals surface area (Å²) in [6, 6.07) is 11.8. The van der Waals surface area contributed by atoms with Crippen LogP contribution in [0.25, 0.3) is 0 Å². The lowest BCUT2D eigenvalue weighted by Crippen LogP contribution is -2.32. The van der Waals surface area contributed by atoms with Crippen LogP contribution in [0, 0.1) is 11.3 Å². The van der Waals surface area contributed by atoms with Crippen molar-refractivity contribution in [3.63, 3.8) is 0 Å². The molecular weight excluding hydrogens is 332 g/mol. The van der Waals surface area contributed by atoms with Gasteiger partial charge in [-0.25, -0.2) is 0 Å². The second-order valence-electron chi connectivity index (χ2n) is 7.40. The van der Waals surface area contributed by atoms with Gasteiger partial charge < -0.3 is 15.5 Å². The first kappa shape index (κ1) is 17.2. The number of nitrogens with zero attached hydrogens (tertiary/aromatic N) is 3. The van der Waals surface area contributed by atoms with Gasteiger partial charge >= 0.3 is 0 Å². The van der Waals surface area contributed by atoms with Gasteiger partial charge in [0.05, 0.1) is 12.6 Å². The standard InChI is InChI=1S/C19H24N4O3/c1-22-8-7-16(21-22)20-17(26)10-23-9-15(25)19(12-23)14(11-24)18(19)13-5-3-2-4-6-13/h2-8,14-15,18,24-25H,9-12H2,1H3,(H,20,21,26)/t14-,15+,18-,19-/m1/s1. The molecule has 7 heteroatoms. The second kappa shape index (κ2) is 6.50. The van der Waals surface area contributed by atoms with E-state index in [0.717, 1.165) is 5.56 Å². The molecule has 7 nitrogen and oxygen atoms in total. The lowest BCUT2D eigenvalue weighted by atomic mass is 9.95. The third kappa shape index (κ3) is 2.82. The lowest BCUT2D eigenvalue weighted by molar-refractivity contribution is -0.117. The Morgan fingerprint density at radius 3 is 2.77 bits per heavy atom. The zero-order chi connectivity index (χ0) is 18.3. The molecule has 2 aromatic rings. The van der Waals surface area contributed by atoms with Crippen LogP contribution >= 0.6 is 0 Å². The molecule has 1 saturated carbocycles. The number of likely N-dealkylation sites (tertiary alicyclic amines) is 1. The molecule has 1 aromatic carbocycles. The molecule has 2 heterocycles. The number of nitrogens with one attached hydrogen (secondary N) is 1. The van der Waals surface area contributed by atoms with Gasteiger partial charge in [-0.2, -0.15) is 5.10 Å². The minimum atomic E-state index is -0.549. The number of hydrogen-bond acceptors (Lipinski definition) is 5. The van der Waals surface area contributed by atoms with Gasteiger partial charge in [-0.05, 0) is 17.4 Å². The highest BCUT2D eigenvalue weighted by Gasteiger charge is 2.70. The molecule has 3 N–H and O–H groups in total. The van der Waals surface area contributed by atoms with Gasteiger partial charge in [0, 0.05) is 44.4 Å². The maximum atomic E-state index is 12.3. The molecule has 26 heavy (non-hydrogen) atoms. The fraction of sp³-hybridized carbons (Fsp3) is 0.474. The third-order valence-corrected chi connectivity index (χ3v) is 5.82. The summed E-state index contributed by atoms with van der Waals surface area (Å²) in [5, 5.41) is 27.5. The monoisotopic (exact) mass is 356 g/mol. The van der Waals surface area contributed by atoms with E-state index in [4.69, 9.17) is 0 Å². The number of amides is 1. The van der Waals surface area contributed by atoms with Crippen molar-refractivity contribution in [3.05, 3.63) is 48.2 Å². The number of anilines is 1. The highest BCUT2D eigenvalue weighted by atomic mass is 16.3. The number of aryl methyl sites for hydroxylation is 1. The van der Waals surface area contributed by atoms with Crippen LogP contribution in [-0.4, -0.2) is 63.1 Å². The van der Waals surface area contributed by atoms with E-state index in [2.05, 4.69) is 10.4 Å². The highest BCUT2D eigenvalue weighted by molar-refractivity contribution is 5.91. The van der Waals surface area contributed by atoms with E-state index in [1.165, 1.54) is 0 Å². The fourth-order valence-electron chi connectivity index (χ4n) is 4.65. The predicted molar refractivity (Wildman–Crippen MR) is 96.5 cm³/mol. The smallest absolute Gasteiger partial charge is 0.239 e. The fourth-order valence-corrected chi connectivity index (χ4v) is 4.65. The van der Waals surface area contributed by atoms with Crippen LogP contribution in [0.1, 0.15) is 11.5 Å². The van der Waals surface area contributed by atoms with E-state index < -0.39 is 6.10 Å². The van der Waals surface area contributed by atoms with E-state index in [-0.39, 0.29) is 36.3 Å². The number of aliphatic hydroxyl groups excluding tert-OH is 2. The molecule has 1 aromatic heterocycles. The van der Waals surface area contributed by atoms with Gasteiger partial charge in [-0.3, -0.25) is 14.4 Å². The Morgan fingerprint density at radius 1 is 1.35 bits per heavy atom. The summed E-state index contributed by atoms with van der Waals surface area (Å²) in [6.07, 6.45) is 1.22. The normalized spacial score (nSPS) is 30.7. The molecule has 1 saturated heterocycles. The summed E-state index contributed by atoms with van der Waals surface area (Å²) in [4.78, 5) is 14.3. The van der Waals surface area contributed by atoms with Crippen LogP contribution in [-0.2, 0) is 11.8 Å². The van der Waals surface area contributed by atoms with E-state index in [9.17, 15) is 15.0 Å². The van der Waals surface area contributed by atoms with Crippen LogP contribution < -0.4 is 5.32 Å². The minimum absolute atomic E-state index is 0.0313. The summed E-state index contributed by atoms with van der Waals surface area (Å²) < 4.78 is 1.63. The first-order valence-corrected chi connectivity index (χ1v) is 8.90. The maximum absolute atomic E-state index is 12.3. The van der Waals surface area contributed by atoms with Gasteiger partial charge in [0.25, 0.3) is 0 Å². The molecule has 0 radical (unpaired) electrons. The number of carbonyl (C=O) groups is 1. The Balaban J connectivity index is 1.43. The molecule has 0 unspecified atom stereocenters. The Kier molecular flexibility index (Phi) is 4.30. The first-order chi connectivity index (χ1) is 12.5. The lowest BCUT2D eigenvalue weighted by Gasteiger charge is -2.16. The van der Waals surface area contributed by atoms with E-state index in [0.29, 0.717) is 18.9 Å². The Bertz CT molecular complexity index is 793. The number of β-amino-alcohol motifs (C(OH)–C–C–N with tert-alkyl or cyclic N) is 1. The quantitative estimate of drug-likeness (QED) is 0.723. The van der Waals surface area contributed by atoms with E-state index in [1.807, 2.05) is 35.2 Å². The van der Waals surface area contributed by atoms with Crippen LogP contribution in [0.5, 0.6) is 0 Å². The van der Waals surface area contributed by atoms with E-state index >= 15 is 0 Å². The van der Waals surface area contributed by atoms with Crippen molar-refractivity contribution in [1.29, 1.82) is 0 Å². The molecule has 4 atom stereocenters. The molecule has 4 rings (SSSR count). The summed E-state index contributed by atoms with van der Waals surface area (Å²) in [7, 11) is 1.79. The molecule has 1 spiro atoms. The average Bonchev–Trinajstić information content (AvgIpc) is 2.90. The molecule has 2 fully saturated rings. The van der Waals surface area contributed by atoms with Crippen molar-refractivity contribution in [3.8, 4) is 0 Å². The predicted octanol–water partition coefficient (Wildman–Crippen LogP) is 0.427. The summed E-state index contributed by atoms with van der Waals surface area (Å²) in [6.45, 7) is 1.30. The van der Waals surface area contributed by atoms with Crippen molar-refractivity contribution in [2.24, 2.45) is 18.4 Å². The molecule has 138 valence electrons. The number of carbonyl (C=O) groups excluding carboxylic acids is 1. The number of hydrogen-bond donors (Lipinski definition) is 3. The van der Waals surface area contributed by atoms with E-state index in [1.54, 1.807) is 24.0 Å². The van der Waals surface area contributed by atoms with Crippen molar-refractivity contribution < 1.29 is 15.0 Å². The van der Waals surface area contributed by atoms with Gasteiger partial charge in [0.1, 0.15) is 0 Å². The first-order valence-electron chi connectivity index (χ1n) is 8.90. The van der Waals surface area contributed by atoms with Crippen molar-refractivity contribution >= 4 is 11.7 Å². The zero-order valence-electron chi connectivity index (χ0n) is 14.7. The third-order valence-electron chi connectivity index (χ3n) is 5.82. The Hall–Kier alpha value is -2.22. The molecular formula is C19H24N4O3. The average molecular weight is 356 g/mol. The SMILES string of the molecule is Cn1ccc(NC(=O)CN2C[C@H](O)[C@@]3(C2)[C@H](CO)[C@H]3c2ccccc2)n1. The molecule has 1 amide bonds. The molecule has 1 aliphatic heterocycles. The van der Waals surface area contributed by atoms with Crippen LogP contribution in [0.3, 0.4) is 0 Å². The number of aromatic nitrogens is 2. The van der Waals surface area contributed by atoms with Gasteiger partial charge in [-0.15, -0.1) is 0 Å². The zero-order valence-corrected chi connectivity index (χ0v) is 14.7. The summed E-state index contributed by atoms with van der Waals surface area (Å²) in [5.41, 5.74) is 0.784. The molecule has 2 aliphatic rings. The van der Waals surface area contributed by atoms with Crippen LogP contribution in [0.2, 0.25) is 0 Å². The van der Waals surface area contributed by atoms with Crippen molar-refractivity contribution in [2.45, 2.75) is 12.0 Å². The van der Waals surface area contributed by atoms with Gasteiger partial charge in [-0.1, -0.05) is 30.3 Å². The largest absolute Gasteiger partial charge is 0.396 e. The van der Waals surface area contributed by atoms with Crippen LogP contribution in [0.4, 0.5) is 5.82 Å². The topological polar surface area (TPSA) is 90.6 Å². The Labute approximate surface area is 152 Å². The Morgan fingerprint density at radius 2 is 2.12 bits per heavy atom. The second-order valence-corrected chi connectivity index (χ2v) is 7.40. The highest BCUT2D eigenvalue weighted by Crippen LogP contribution is 2.68. The maximum Gasteiger partial charge on any atom is 0.239 e.